The van der Waals surface area contributed by atoms with Crippen LogP contribution >= 0.6 is 0 Å². The molecule has 8 nitrogen and oxygen atoms in total. The van der Waals surface area contributed by atoms with Crippen molar-refractivity contribution in [2.75, 3.05) is 12.3 Å². The predicted molar refractivity (Wildman–Crippen MR) is 53.4 cm³/mol. The number of nitrogens with zero attached hydrogens (tertiary/aromatic N) is 2. The van der Waals surface area contributed by atoms with Crippen molar-refractivity contribution in [2.45, 2.75) is 6.92 Å². The summed E-state index contributed by atoms with van der Waals surface area (Å²) in [6.07, 6.45) is 0. The molecule has 0 atom stereocenters. The molecule has 1 rings (SSSR count). The van der Waals surface area contributed by atoms with E-state index in [2.05, 4.69) is 4.98 Å². The van der Waals surface area contributed by atoms with E-state index in [1.807, 2.05) is 0 Å². The predicted octanol–water partition coefficient (Wildman–Crippen LogP) is 0.669. The van der Waals surface area contributed by atoms with Crippen LogP contribution in [-0.4, -0.2) is 27.6 Å². The van der Waals surface area contributed by atoms with Gasteiger partial charge in [0.05, 0.1) is 11.5 Å². The molecule has 8 heteroatoms. The van der Waals surface area contributed by atoms with E-state index in [4.69, 9.17) is 15.6 Å². The van der Waals surface area contributed by atoms with E-state index >= 15 is 0 Å². The Bertz CT molecular complexity index is 446. The number of hydrogen-bond acceptors (Lipinski definition) is 6. The van der Waals surface area contributed by atoms with Crippen LogP contribution < -0.4 is 10.5 Å². The lowest BCUT2D eigenvalue weighted by molar-refractivity contribution is -0.384. The average molecular weight is 227 g/mol. The zero-order chi connectivity index (χ0) is 12.3. The minimum atomic E-state index is -1.36. The molecule has 3 N–H and O–H groups in total. The summed E-state index contributed by atoms with van der Waals surface area (Å²) in [7, 11) is 0. The van der Waals surface area contributed by atoms with E-state index < -0.39 is 16.6 Å². The quantitative estimate of drug-likeness (QED) is 0.571. The van der Waals surface area contributed by atoms with E-state index in [0.29, 0.717) is 0 Å². The molecule has 16 heavy (non-hydrogen) atoms. The van der Waals surface area contributed by atoms with Crippen LogP contribution in [0.4, 0.5) is 11.5 Å². The maximum atomic E-state index is 10.8. The van der Waals surface area contributed by atoms with Gasteiger partial charge in [0.25, 0.3) is 0 Å². The molecule has 0 unspecified atom stereocenters. The summed E-state index contributed by atoms with van der Waals surface area (Å²) >= 11 is 0. The molecule has 1 aromatic rings. The second-order valence-corrected chi connectivity index (χ2v) is 2.74. The first-order chi connectivity index (χ1) is 7.47. The molecule has 86 valence electrons. The van der Waals surface area contributed by atoms with Crippen molar-refractivity contribution in [3.8, 4) is 5.88 Å². The fraction of sp³-hybridized carbons (Fsp3) is 0.250. The third kappa shape index (κ3) is 2.16. The SMILES string of the molecule is CCOc1nc(N)c([N+](=O)[O-])cc1C(=O)O. The van der Waals surface area contributed by atoms with Crippen molar-refractivity contribution in [1.82, 2.24) is 4.98 Å². The number of aromatic nitrogens is 1. The highest BCUT2D eigenvalue weighted by Gasteiger charge is 2.22. The molecule has 0 radical (unpaired) electrons. The minimum Gasteiger partial charge on any atom is -0.477 e. The van der Waals surface area contributed by atoms with Gasteiger partial charge in [-0.2, -0.15) is 4.98 Å². The lowest BCUT2D eigenvalue weighted by atomic mass is 10.2. The van der Waals surface area contributed by atoms with Crippen molar-refractivity contribution in [1.29, 1.82) is 0 Å². The number of nitrogens with two attached hydrogens (primary N) is 1. The molecule has 1 heterocycles. The van der Waals surface area contributed by atoms with Gasteiger partial charge in [0, 0.05) is 6.07 Å². The molecular weight excluding hydrogens is 218 g/mol. The third-order valence-electron chi connectivity index (χ3n) is 1.70. The smallest absolute Gasteiger partial charge is 0.341 e. The number of carboxylic acids is 1. The Morgan fingerprint density at radius 1 is 1.75 bits per heavy atom. The first-order valence-corrected chi connectivity index (χ1v) is 4.28. The Labute approximate surface area is 89.8 Å². The fourth-order valence-electron chi connectivity index (χ4n) is 1.05. The third-order valence-corrected chi connectivity index (χ3v) is 1.70. The monoisotopic (exact) mass is 227 g/mol. The van der Waals surface area contributed by atoms with Gasteiger partial charge >= 0.3 is 11.7 Å². The number of carboxylic acid groups (broad SMARTS) is 1. The summed E-state index contributed by atoms with van der Waals surface area (Å²) in [5, 5.41) is 19.3. The minimum absolute atomic E-state index is 0.185. The molecule has 0 saturated heterocycles. The summed E-state index contributed by atoms with van der Waals surface area (Å²) in [5.74, 6) is -1.96. The van der Waals surface area contributed by atoms with E-state index in [1.165, 1.54) is 0 Å². The van der Waals surface area contributed by atoms with Crippen molar-refractivity contribution in [3.05, 3.63) is 21.7 Å². The highest BCUT2D eigenvalue weighted by Crippen LogP contribution is 2.26. The molecule has 0 aliphatic carbocycles. The number of anilines is 1. The van der Waals surface area contributed by atoms with Gasteiger partial charge < -0.3 is 15.6 Å². The van der Waals surface area contributed by atoms with Gasteiger partial charge in [-0.25, -0.2) is 4.79 Å². The maximum absolute atomic E-state index is 10.8. The van der Waals surface area contributed by atoms with Crippen molar-refractivity contribution < 1.29 is 19.6 Å². The van der Waals surface area contributed by atoms with E-state index in [0.717, 1.165) is 6.07 Å². The van der Waals surface area contributed by atoms with Crippen LogP contribution in [0.5, 0.6) is 5.88 Å². The number of ether oxygens (including phenoxy) is 1. The Kier molecular flexibility index (Phi) is 3.24. The van der Waals surface area contributed by atoms with Crippen molar-refractivity contribution >= 4 is 17.5 Å². The molecule has 0 fully saturated rings. The van der Waals surface area contributed by atoms with Gasteiger partial charge in [-0.05, 0) is 6.92 Å². The van der Waals surface area contributed by atoms with E-state index in [1.54, 1.807) is 6.92 Å². The largest absolute Gasteiger partial charge is 0.477 e. The highest BCUT2D eigenvalue weighted by molar-refractivity contribution is 5.91. The number of rotatable bonds is 4. The van der Waals surface area contributed by atoms with E-state index in [9.17, 15) is 14.9 Å². The van der Waals surface area contributed by atoms with Crippen molar-refractivity contribution in [3.63, 3.8) is 0 Å². The van der Waals surface area contributed by atoms with Crippen LogP contribution in [0.1, 0.15) is 17.3 Å². The Morgan fingerprint density at radius 3 is 2.81 bits per heavy atom. The first kappa shape index (κ1) is 11.7. The van der Waals surface area contributed by atoms with Crippen molar-refractivity contribution in [2.24, 2.45) is 0 Å². The molecule has 0 saturated carbocycles. The summed E-state index contributed by atoms with van der Waals surface area (Å²) in [6, 6.07) is 0.829. The van der Waals surface area contributed by atoms with Gasteiger partial charge in [-0.15, -0.1) is 0 Å². The second kappa shape index (κ2) is 4.43. The lowest BCUT2D eigenvalue weighted by Crippen LogP contribution is -2.08. The van der Waals surface area contributed by atoms with Gasteiger partial charge in [-0.1, -0.05) is 0 Å². The average Bonchev–Trinajstić information content (AvgIpc) is 2.17. The van der Waals surface area contributed by atoms with Crippen LogP contribution in [-0.2, 0) is 0 Å². The Hall–Kier alpha value is -2.38. The summed E-state index contributed by atoms with van der Waals surface area (Å²) in [6.45, 7) is 1.81. The summed E-state index contributed by atoms with van der Waals surface area (Å²) in [4.78, 5) is 24.1. The number of pyridine rings is 1. The molecule has 0 bridgehead atoms. The molecule has 0 aromatic carbocycles. The zero-order valence-electron chi connectivity index (χ0n) is 8.34. The topological polar surface area (TPSA) is 129 Å². The molecule has 0 aliphatic rings. The van der Waals surface area contributed by atoms with Crippen LogP contribution in [0.25, 0.3) is 0 Å². The number of nitro groups is 1. The number of carbonyl (C=O) groups is 1. The fourth-order valence-corrected chi connectivity index (χ4v) is 1.05. The number of nitrogen functional groups attached to an aromatic ring is 1. The summed E-state index contributed by atoms with van der Waals surface area (Å²) < 4.78 is 4.92. The molecule has 1 aromatic heterocycles. The van der Waals surface area contributed by atoms with Gasteiger partial charge in [-0.3, -0.25) is 10.1 Å². The number of hydrogen-bond donors (Lipinski definition) is 2. The molecule has 0 spiro atoms. The lowest BCUT2D eigenvalue weighted by Gasteiger charge is -2.06. The Morgan fingerprint density at radius 2 is 2.38 bits per heavy atom. The highest BCUT2D eigenvalue weighted by atomic mass is 16.6. The normalized spacial score (nSPS) is 9.81. The van der Waals surface area contributed by atoms with Crippen LogP contribution in [0.3, 0.4) is 0 Å². The summed E-state index contributed by atoms with van der Waals surface area (Å²) in [5.41, 5.74) is 4.35. The Balaban J connectivity index is 3.36. The van der Waals surface area contributed by atoms with Gasteiger partial charge in [0.1, 0.15) is 5.56 Å². The van der Waals surface area contributed by atoms with E-state index in [-0.39, 0.29) is 23.9 Å². The van der Waals surface area contributed by atoms with Gasteiger partial charge in [0.2, 0.25) is 11.7 Å². The van der Waals surface area contributed by atoms with Crippen LogP contribution in [0.2, 0.25) is 0 Å². The zero-order valence-corrected chi connectivity index (χ0v) is 8.34. The standard InChI is InChI=1S/C8H9N3O5/c1-2-16-7-4(8(12)13)3-5(11(14)15)6(9)10-7/h3H,2H2,1H3,(H2,9,10)(H,12,13). The van der Waals surface area contributed by atoms with Gasteiger partial charge in [0.15, 0.2) is 0 Å². The number of aromatic carboxylic acids is 1. The molecular formula is C8H9N3O5. The first-order valence-electron chi connectivity index (χ1n) is 4.28. The second-order valence-electron chi connectivity index (χ2n) is 2.74. The van der Waals surface area contributed by atoms with Crippen LogP contribution in [0.15, 0.2) is 6.07 Å². The maximum Gasteiger partial charge on any atom is 0.341 e. The molecule has 0 aliphatic heterocycles. The molecule has 0 amide bonds. The van der Waals surface area contributed by atoms with Crippen LogP contribution in [0, 0.1) is 10.1 Å².